The Labute approximate surface area is 124 Å². The minimum Gasteiger partial charge on any atom is -0.508 e. The second-order valence-electron chi connectivity index (χ2n) is 5.36. The van der Waals surface area contributed by atoms with E-state index in [1.165, 1.54) is 6.07 Å². The van der Waals surface area contributed by atoms with Gasteiger partial charge in [0.2, 0.25) is 5.91 Å². The van der Waals surface area contributed by atoms with Crippen LogP contribution in [0.3, 0.4) is 0 Å². The summed E-state index contributed by atoms with van der Waals surface area (Å²) in [5, 5.41) is 12.3. The molecule has 2 aromatic carbocycles. The number of methoxy groups -OCH3 is 1. The Balaban J connectivity index is 2.19. The molecule has 0 aliphatic heterocycles. The highest BCUT2D eigenvalue weighted by Gasteiger charge is 2.29. The van der Waals surface area contributed by atoms with Crippen molar-refractivity contribution in [2.24, 2.45) is 0 Å². The number of carbonyl (C=O) groups is 1. The number of phenolic OH excluding ortho intramolecular Hbond substituents is 1. The molecule has 1 amide bonds. The molecule has 0 saturated carbocycles. The summed E-state index contributed by atoms with van der Waals surface area (Å²) in [4.78, 5) is 12.5. The highest BCUT2D eigenvalue weighted by molar-refractivity contribution is 5.98. The van der Waals surface area contributed by atoms with Gasteiger partial charge in [0.25, 0.3) is 0 Å². The van der Waals surface area contributed by atoms with E-state index in [1.54, 1.807) is 25.3 Å². The smallest absolute Gasteiger partial charge is 0.234 e. The third-order valence-electron chi connectivity index (χ3n) is 3.48. The van der Waals surface area contributed by atoms with E-state index in [1.807, 2.05) is 38.1 Å². The number of hydrogen-bond acceptors (Lipinski definition) is 3. The fourth-order valence-electron chi connectivity index (χ4n) is 2.01. The topological polar surface area (TPSA) is 58.6 Å². The molecule has 0 atom stereocenters. The van der Waals surface area contributed by atoms with E-state index in [4.69, 9.17) is 4.74 Å². The van der Waals surface area contributed by atoms with Crippen LogP contribution in [0.15, 0.2) is 48.5 Å². The number of rotatable bonds is 4. The molecule has 0 radical (unpaired) electrons. The fraction of sp³-hybridized carbons (Fsp3) is 0.235. The van der Waals surface area contributed by atoms with Crippen molar-refractivity contribution in [2.75, 3.05) is 12.4 Å². The van der Waals surface area contributed by atoms with E-state index in [9.17, 15) is 9.90 Å². The molecule has 110 valence electrons. The molecule has 2 N–H and O–H groups in total. The van der Waals surface area contributed by atoms with Crippen LogP contribution in [0.5, 0.6) is 11.5 Å². The Morgan fingerprint density at radius 1 is 1.14 bits per heavy atom. The van der Waals surface area contributed by atoms with E-state index < -0.39 is 5.41 Å². The lowest BCUT2D eigenvalue weighted by atomic mass is 9.83. The number of carbonyl (C=O) groups excluding carboxylic acids is 1. The minimum absolute atomic E-state index is 0.120. The van der Waals surface area contributed by atoms with Crippen molar-refractivity contribution in [1.82, 2.24) is 0 Å². The van der Waals surface area contributed by atoms with Gasteiger partial charge in [0.1, 0.15) is 11.5 Å². The van der Waals surface area contributed by atoms with Crippen LogP contribution in [0.25, 0.3) is 0 Å². The summed E-state index contributed by atoms with van der Waals surface area (Å²) in [5.74, 6) is 0.733. The van der Waals surface area contributed by atoms with Crippen molar-refractivity contribution in [2.45, 2.75) is 19.3 Å². The molecule has 0 heterocycles. The van der Waals surface area contributed by atoms with Gasteiger partial charge in [-0.15, -0.1) is 0 Å². The number of aromatic hydroxyl groups is 1. The van der Waals surface area contributed by atoms with E-state index in [2.05, 4.69) is 5.32 Å². The maximum absolute atomic E-state index is 12.5. The van der Waals surface area contributed by atoms with Gasteiger partial charge in [-0.25, -0.2) is 0 Å². The molecule has 0 unspecified atom stereocenters. The van der Waals surface area contributed by atoms with Crippen molar-refractivity contribution in [3.8, 4) is 11.5 Å². The van der Waals surface area contributed by atoms with Crippen LogP contribution in [-0.4, -0.2) is 18.1 Å². The summed E-state index contributed by atoms with van der Waals surface area (Å²) in [5.41, 5.74) is 0.764. The first-order valence-electron chi connectivity index (χ1n) is 6.68. The molecule has 0 saturated heterocycles. The molecule has 0 aromatic heterocycles. The normalized spacial score (nSPS) is 11.0. The molecule has 21 heavy (non-hydrogen) atoms. The molecule has 0 aliphatic carbocycles. The van der Waals surface area contributed by atoms with Crippen molar-refractivity contribution >= 4 is 11.6 Å². The lowest BCUT2D eigenvalue weighted by Gasteiger charge is -2.24. The predicted octanol–water partition coefficient (Wildman–Crippen LogP) is 3.32. The maximum atomic E-state index is 12.5. The van der Waals surface area contributed by atoms with Crippen LogP contribution in [0.2, 0.25) is 0 Å². The monoisotopic (exact) mass is 285 g/mol. The zero-order valence-corrected chi connectivity index (χ0v) is 12.4. The van der Waals surface area contributed by atoms with Crippen molar-refractivity contribution in [3.05, 3.63) is 54.1 Å². The van der Waals surface area contributed by atoms with Gasteiger partial charge >= 0.3 is 0 Å². The Bertz CT molecular complexity index is 633. The molecule has 0 aliphatic rings. The number of anilines is 1. The molecule has 4 heteroatoms. The van der Waals surface area contributed by atoms with Crippen LogP contribution in [0, 0.1) is 0 Å². The maximum Gasteiger partial charge on any atom is 0.234 e. The van der Waals surface area contributed by atoms with Gasteiger partial charge in [0.15, 0.2) is 0 Å². The number of hydrogen-bond donors (Lipinski definition) is 2. The molecular weight excluding hydrogens is 266 g/mol. The first-order valence-corrected chi connectivity index (χ1v) is 6.68. The third-order valence-corrected chi connectivity index (χ3v) is 3.48. The number of amides is 1. The average Bonchev–Trinajstić information content (AvgIpc) is 2.47. The van der Waals surface area contributed by atoms with Gasteiger partial charge in [0.05, 0.1) is 12.5 Å². The molecule has 0 fully saturated rings. The van der Waals surface area contributed by atoms with E-state index in [0.29, 0.717) is 5.69 Å². The van der Waals surface area contributed by atoms with Gasteiger partial charge in [-0.3, -0.25) is 4.79 Å². The Morgan fingerprint density at radius 3 is 2.38 bits per heavy atom. The van der Waals surface area contributed by atoms with E-state index >= 15 is 0 Å². The number of phenols is 1. The first kappa shape index (κ1) is 14.9. The lowest BCUT2D eigenvalue weighted by Crippen LogP contribution is -2.34. The van der Waals surface area contributed by atoms with E-state index in [-0.39, 0.29) is 11.7 Å². The Kier molecular flexibility index (Phi) is 4.17. The summed E-state index contributed by atoms with van der Waals surface area (Å²) in [6.07, 6.45) is 0. The predicted molar refractivity (Wildman–Crippen MR) is 82.8 cm³/mol. The third kappa shape index (κ3) is 3.34. The van der Waals surface area contributed by atoms with Gasteiger partial charge < -0.3 is 15.2 Å². The van der Waals surface area contributed by atoms with Crippen LogP contribution in [-0.2, 0) is 10.2 Å². The molecular formula is C17H19NO3. The average molecular weight is 285 g/mol. The Morgan fingerprint density at radius 2 is 1.81 bits per heavy atom. The molecule has 0 bridgehead atoms. The molecule has 0 spiro atoms. The van der Waals surface area contributed by atoms with Crippen LogP contribution >= 0.6 is 0 Å². The number of ether oxygens (including phenoxy) is 1. The summed E-state index contributed by atoms with van der Waals surface area (Å²) >= 11 is 0. The molecule has 2 rings (SSSR count). The van der Waals surface area contributed by atoms with Crippen LogP contribution < -0.4 is 10.1 Å². The Hall–Kier alpha value is -2.49. The number of benzene rings is 2. The number of nitrogens with one attached hydrogen (secondary N) is 1. The largest absolute Gasteiger partial charge is 0.508 e. The highest BCUT2D eigenvalue weighted by atomic mass is 16.5. The minimum atomic E-state index is -0.697. The van der Waals surface area contributed by atoms with Gasteiger partial charge in [-0.1, -0.05) is 18.2 Å². The first-order chi connectivity index (χ1) is 9.93. The molecule has 2 aromatic rings. The van der Waals surface area contributed by atoms with Gasteiger partial charge in [-0.2, -0.15) is 0 Å². The van der Waals surface area contributed by atoms with E-state index in [0.717, 1.165) is 11.3 Å². The quantitative estimate of drug-likeness (QED) is 0.906. The second-order valence-corrected chi connectivity index (χ2v) is 5.36. The zero-order valence-electron chi connectivity index (χ0n) is 12.4. The van der Waals surface area contributed by atoms with Gasteiger partial charge in [-0.05, 0) is 43.7 Å². The summed E-state index contributed by atoms with van der Waals surface area (Å²) < 4.78 is 5.12. The summed E-state index contributed by atoms with van der Waals surface area (Å²) in [6, 6.07) is 13.9. The second kappa shape index (κ2) is 5.87. The van der Waals surface area contributed by atoms with Crippen molar-refractivity contribution in [3.63, 3.8) is 0 Å². The van der Waals surface area contributed by atoms with Crippen molar-refractivity contribution < 1.29 is 14.6 Å². The lowest BCUT2D eigenvalue weighted by molar-refractivity contribution is -0.120. The SMILES string of the molecule is COc1ccc(C(C)(C)C(=O)Nc2cccc(O)c2)cc1. The van der Waals surface area contributed by atoms with Crippen LogP contribution in [0.1, 0.15) is 19.4 Å². The van der Waals surface area contributed by atoms with Gasteiger partial charge in [0, 0.05) is 11.8 Å². The molecule has 4 nitrogen and oxygen atoms in total. The van der Waals surface area contributed by atoms with Crippen molar-refractivity contribution in [1.29, 1.82) is 0 Å². The summed E-state index contributed by atoms with van der Waals surface area (Å²) in [7, 11) is 1.61. The zero-order chi connectivity index (χ0) is 15.5. The highest BCUT2D eigenvalue weighted by Crippen LogP contribution is 2.27. The van der Waals surface area contributed by atoms with Crippen LogP contribution in [0.4, 0.5) is 5.69 Å². The fourth-order valence-corrected chi connectivity index (χ4v) is 2.01. The standard InChI is InChI=1S/C17H19NO3/c1-17(2,12-7-9-15(21-3)10-8-12)16(20)18-13-5-4-6-14(19)11-13/h4-11,19H,1-3H3,(H,18,20). The summed E-state index contributed by atoms with van der Waals surface area (Å²) in [6.45, 7) is 3.71.